The van der Waals surface area contributed by atoms with Crippen molar-refractivity contribution in [2.45, 2.75) is 45.5 Å². The number of hydrogen-bond donors (Lipinski definition) is 2. The van der Waals surface area contributed by atoms with Gasteiger partial charge in [-0.1, -0.05) is 42.5 Å². The van der Waals surface area contributed by atoms with E-state index in [0.717, 1.165) is 30.8 Å². The molecule has 0 aromatic heterocycles. The third kappa shape index (κ3) is 6.28. The minimum atomic E-state index is -0.535. The number of nitrogens with zero attached hydrogens (tertiary/aromatic N) is 2. The number of β-amino-alcohol motifs (C(OH)–C–C–N with tert-alkyl or cyclic N) is 1. The van der Waals surface area contributed by atoms with Gasteiger partial charge in [0.2, 0.25) is 0 Å². The van der Waals surface area contributed by atoms with Crippen LogP contribution in [-0.2, 0) is 19.5 Å². The van der Waals surface area contributed by atoms with Crippen molar-refractivity contribution in [2.24, 2.45) is 0 Å². The van der Waals surface area contributed by atoms with E-state index in [2.05, 4.69) is 54.0 Å². The van der Waals surface area contributed by atoms with E-state index < -0.39 is 6.10 Å². The zero-order chi connectivity index (χ0) is 20.6. The second kappa shape index (κ2) is 10.7. The molecule has 2 aromatic rings. The molecule has 3 rings (SSSR count). The molecule has 5 nitrogen and oxygen atoms in total. The van der Waals surface area contributed by atoms with E-state index >= 15 is 0 Å². The molecule has 1 aliphatic heterocycles. The zero-order valence-electron chi connectivity index (χ0n) is 17.6. The van der Waals surface area contributed by atoms with Crippen molar-refractivity contribution >= 4 is 0 Å². The Balaban J connectivity index is 1.53. The number of ether oxygens (including phenoxy) is 1. The first kappa shape index (κ1) is 21.8. The maximum atomic E-state index is 10.5. The number of aliphatic hydroxyl groups is 2. The summed E-state index contributed by atoms with van der Waals surface area (Å²) in [5.74, 6) is 0.805. The second-order valence-electron chi connectivity index (χ2n) is 8.11. The average molecular weight is 399 g/mol. The van der Waals surface area contributed by atoms with Gasteiger partial charge in [-0.2, -0.15) is 0 Å². The number of para-hydroxylation sites is 1. The van der Waals surface area contributed by atoms with E-state index in [9.17, 15) is 10.2 Å². The quantitative estimate of drug-likeness (QED) is 0.645. The predicted octanol–water partition coefficient (Wildman–Crippen LogP) is 2.69. The summed E-state index contributed by atoms with van der Waals surface area (Å²) < 4.78 is 6.00. The lowest BCUT2D eigenvalue weighted by Crippen LogP contribution is -2.39. The van der Waals surface area contributed by atoms with Crippen LogP contribution in [0.25, 0.3) is 0 Å². The number of benzene rings is 2. The summed E-state index contributed by atoms with van der Waals surface area (Å²) in [4.78, 5) is 4.51. The summed E-state index contributed by atoms with van der Waals surface area (Å²) in [5.41, 5.74) is 3.85. The standard InChI is InChI=1S/C24H34N2O3/c1-19(2)26(13-14-27)16-22-9-5-6-10-24(22)29-18-23(28)17-25-12-11-20-7-3-4-8-21(20)15-25/h3-10,19,23,27-28H,11-18H2,1-2H3/t23-/m0/s1. The Kier molecular flexibility index (Phi) is 8.07. The lowest BCUT2D eigenvalue weighted by Gasteiger charge is -2.30. The Morgan fingerprint density at radius 3 is 2.55 bits per heavy atom. The number of hydrogen-bond acceptors (Lipinski definition) is 5. The molecule has 29 heavy (non-hydrogen) atoms. The van der Waals surface area contributed by atoms with Gasteiger partial charge in [-0.05, 0) is 37.5 Å². The Morgan fingerprint density at radius 1 is 1.07 bits per heavy atom. The van der Waals surface area contributed by atoms with Crippen molar-refractivity contribution in [1.82, 2.24) is 9.80 Å². The van der Waals surface area contributed by atoms with Gasteiger partial charge in [0.1, 0.15) is 18.5 Å². The fourth-order valence-corrected chi connectivity index (χ4v) is 3.89. The van der Waals surface area contributed by atoms with Gasteiger partial charge >= 0.3 is 0 Å². The molecule has 158 valence electrons. The van der Waals surface area contributed by atoms with Crippen LogP contribution in [0.5, 0.6) is 5.75 Å². The summed E-state index contributed by atoms with van der Waals surface area (Å²) in [6.45, 7) is 8.47. The van der Waals surface area contributed by atoms with Crippen molar-refractivity contribution in [3.05, 3.63) is 65.2 Å². The van der Waals surface area contributed by atoms with Crippen LogP contribution >= 0.6 is 0 Å². The van der Waals surface area contributed by atoms with Crippen molar-refractivity contribution in [2.75, 3.05) is 32.8 Å². The third-order valence-electron chi connectivity index (χ3n) is 5.57. The monoisotopic (exact) mass is 398 g/mol. The smallest absolute Gasteiger partial charge is 0.123 e. The highest BCUT2D eigenvalue weighted by Crippen LogP contribution is 2.22. The molecular formula is C24H34N2O3. The fourth-order valence-electron chi connectivity index (χ4n) is 3.89. The molecule has 0 spiro atoms. The van der Waals surface area contributed by atoms with Crippen molar-refractivity contribution < 1.29 is 14.9 Å². The Labute approximate surface area is 174 Å². The SMILES string of the molecule is CC(C)N(CCO)Cc1ccccc1OC[C@@H](O)CN1CCc2ccccc2C1. The fraction of sp³-hybridized carbons (Fsp3) is 0.500. The predicted molar refractivity (Wildman–Crippen MR) is 116 cm³/mol. The van der Waals surface area contributed by atoms with Crippen molar-refractivity contribution in [3.63, 3.8) is 0 Å². The summed E-state index contributed by atoms with van der Waals surface area (Å²) in [6, 6.07) is 16.8. The molecule has 0 saturated heterocycles. The zero-order valence-corrected chi connectivity index (χ0v) is 17.6. The first-order valence-corrected chi connectivity index (χ1v) is 10.6. The van der Waals surface area contributed by atoms with E-state index in [-0.39, 0.29) is 13.2 Å². The lowest BCUT2D eigenvalue weighted by atomic mass is 10.00. The molecule has 0 unspecified atom stereocenters. The van der Waals surface area contributed by atoms with Gasteiger partial charge in [0.25, 0.3) is 0 Å². The van der Waals surface area contributed by atoms with E-state index in [1.54, 1.807) is 0 Å². The van der Waals surface area contributed by atoms with E-state index in [0.29, 0.717) is 25.7 Å². The molecule has 1 atom stereocenters. The molecule has 2 aromatic carbocycles. The van der Waals surface area contributed by atoms with E-state index in [1.807, 2.05) is 18.2 Å². The average Bonchev–Trinajstić information content (AvgIpc) is 2.72. The van der Waals surface area contributed by atoms with Crippen LogP contribution in [0.2, 0.25) is 0 Å². The van der Waals surface area contributed by atoms with Crippen molar-refractivity contribution in [1.29, 1.82) is 0 Å². The van der Waals surface area contributed by atoms with Gasteiger partial charge in [0.15, 0.2) is 0 Å². The first-order valence-electron chi connectivity index (χ1n) is 10.6. The van der Waals surface area contributed by atoms with Gasteiger partial charge in [-0.3, -0.25) is 9.80 Å². The van der Waals surface area contributed by atoms with Gasteiger partial charge in [-0.25, -0.2) is 0 Å². The van der Waals surface area contributed by atoms with Crippen LogP contribution in [0.1, 0.15) is 30.5 Å². The summed E-state index contributed by atoms with van der Waals surface area (Å²) in [5, 5.41) is 19.9. The van der Waals surface area contributed by atoms with Crippen LogP contribution in [0.4, 0.5) is 0 Å². The Hall–Kier alpha value is -1.92. The minimum absolute atomic E-state index is 0.138. The highest BCUT2D eigenvalue weighted by atomic mass is 16.5. The third-order valence-corrected chi connectivity index (χ3v) is 5.57. The minimum Gasteiger partial charge on any atom is -0.491 e. The summed E-state index contributed by atoms with van der Waals surface area (Å²) in [6.07, 6.45) is 0.495. The number of fused-ring (bicyclic) bond motifs is 1. The highest BCUT2D eigenvalue weighted by molar-refractivity contribution is 5.33. The summed E-state index contributed by atoms with van der Waals surface area (Å²) >= 11 is 0. The molecule has 1 heterocycles. The molecule has 1 aliphatic rings. The maximum absolute atomic E-state index is 10.5. The van der Waals surface area contributed by atoms with Crippen LogP contribution in [0, 0.1) is 0 Å². The lowest BCUT2D eigenvalue weighted by molar-refractivity contribution is 0.0629. The van der Waals surface area contributed by atoms with Crippen LogP contribution in [0.3, 0.4) is 0 Å². The molecule has 0 radical (unpaired) electrons. The number of rotatable bonds is 10. The second-order valence-corrected chi connectivity index (χ2v) is 8.11. The largest absolute Gasteiger partial charge is 0.491 e. The van der Waals surface area contributed by atoms with Gasteiger partial charge in [0, 0.05) is 44.3 Å². The van der Waals surface area contributed by atoms with Gasteiger partial charge < -0.3 is 14.9 Å². The molecule has 0 fully saturated rings. The van der Waals surface area contributed by atoms with E-state index in [4.69, 9.17) is 4.74 Å². The molecule has 0 amide bonds. The highest BCUT2D eigenvalue weighted by Gasteiger charge is 2.19. The summed E-state index contributed by atoms with van der Waals surface area (Å²) in [7, 11) is 0. The molecular weight excluding hydrogens is 364 g/mol. The van der Waals surface area contributed by atoms with Gasteiger partial charge in [-0.15, -0.1) is 0 Å². The molecule has 0 aliphatic carbocycles. The normalized spacial score (nSPS) is 15.5. The molecule has 2 N–H and O–H groups in total. The number of aliphatic hydroxyl groups excluding tert-OH is 2. The topological polar surface area (TPSA) is 56.2 Å². The first-order chi connectivity index (χ1) is 14.1. The van der Waals surface area contributed by atoms with Crippen molar-refractivity contribution in [3.8, 4) is 5.75 Å². The molecule has 0 saturated carbocycles. The van der Waals surface area contributed by atoms with E-state index in [1.165, 1.54) is 11.1 Å². The Morgan fingerprint density at radius 2 is 1.79 bits per heavy atom. The maximum Gasteiger partial charge on any atom is 0.123 e. The van der Waals surface area contributed by atoms with Crippen LogP contribution in [0.15, 0.2) is 48.5 Å². The van der Waals surface area contributed by atoms with Crippen LogP contribution in [-0.4, -0.2) is 65.0 Å². The molecule has 5 heteroatoms. The Bertz CT molecular complexity index is 765. The van der Waals surface area contributed by atoms with Gasteiger partial charge in [0.05, 0.1) is 6.61 Å². The molecule has 0 bridgehead atoms. The van der Waals surface area contributed by atoms with Crippen LogP contribution < -0.4 is 4.74 Å².